The lowest BCUT2D eigenvalue weighted by atomic mass is 9.60. The first kappa shape index (κ1) is 7.55. The van der Waals surface area contributed by atoms with Crippen molar-refractivity contribution in [3.63, 3.8) is 0 Å². The summed E-state index contributed by atoms with van der Waals surface area (Å²) < 4.78 is 21.7. The number of nitrogens with two attached hydrogens (primary N) is 1. The van der Waals surface area contributed by atoms with Crippen LogP contribution in [0.2, 0.25) is 0 Å². The first-order chi connectivity index (χ1) is 4.83. The molecule has 0 aromatic carbocycles. The highest BCUT2D eigenvalue weighted by Crippen LogP contribution is 2.53. The van der Waals surface area contributed by atoms with Crippen LogP contribution in [0.4, 0.5) is 0 Å². The fraction of sp³-hybridized carbons (Fsp3) is 1.00. The van der Waals surface area contributed by atoms with Gasteiger partial charge in [-0.05, 0) is 19.8 Å². The van der Waals surface area contributed by atoms with Crippen molar-refractivity contribution < 1.29 is 8.42 Å². The molecule has 3 nitrogen and oxygen atoms in total. The van der Waals surface area contributed by atoms with Crippen LogP contribution in [0, 0.1) is 5.41 Å². The minimum absolute atomic E-state index is 0.0874. The third kappa shape index (κ3) is 1.08. The van der Waals surface area contributed by atoms with Crippen LogP contribution in [0.5, 0.6) is 0 Å². The van der Waals surface area contributed by atoms with Crippen molar-refractivity contribution in [3.05, 3.63) is 0 Å². The Kier molecular flexibility index (Phi) is 1.13. The van der Waals surface area contributed by atoms with E-state index < -0.39 is 9.84 Å². The second kappa shape index (κ2) is 1.64. The zero-order valence-corrected chi connectivity index (χ0v) is 7.45. The largest absolute Gasteiger partial charge is 0.325 e. The maximum absolute atomic E-state index is 10.9. The van der Waals surface area contributed by atoms with E-state index in [1.54, 1.807) is 0 Å². The summed E-state index contributed by atoms with van der Waals surface area (Å²) in [4.78, 5) is 0. The molecule has 4 heteroatoms. The average molecular weight is 175 g/mol. The third-order valence-corrected chi connectivity index (χ3v) is 4.71. The second-order valence-electron chi connectivity index (χ2n) is 4.54. The van der Waals surface area contributed by atoms with E-state index in [1.165, 1.54) is 0 Å². The highest BCUT2D eigenvalue weighted by Gasteiger charge is 2.59. The Morgan fingerprint density at radius 2 is 1.73 bits per heavy atom. The molecule has 1 aliphatic carbocycles. The van der Waals surface area contributed by atoms with Gasteiger partial charge in [0.25, 0.3) is 0 Å². The molecule has 2 aliphatic rings. The number of hydrogen-bond donors (Lipinski definition) is 1. The molecular formula is C7H13NO2S. The molecule has 1 saturated heterocycles. The first-order valence-electron chi connectivity index (χ1n) is 3.82. The summed E-state index contributed by atoms with van der Waals surface area (Å²) >= 11 is 0. The molecule has 2 fully saturated rings. The third-order valence-electron chi connectivity index (χ3n) is 2.61. The van der Waals surface area contributed by atoms with E-state index in [9.17, 15) is 8.42 Å². The van der Waals surface area contributed by atoms with Crippen molar-refractivity contribution in [2.75, 3.05) is 11.5 Å². The molecule has 0 aromatic heterocycles. The number of rotatable bonds is 0. The highest BCUT2D eigenvalue weighted by molar-refractivity contribution is 7.92. The zero-order chi connectivity index (χ0) is 8.33. The predicted octanol–water partition coefficient (Wildman–Crippen LogP) is -0.0876. The van der Waals surface area contributed by atoms with Gasteiger partial charge in [-0.3, -0.25) is 0 Å². The van der Waals surface area contributed by atoms with Crippen LogP contribution in [0.3, 0.4) is 0 Å². The topological polar surface area (TPSA) is 60.2 Å². The molecular weight excluding hydrogens is 162 g/mol. The maximum atomic E-state index is 10.9. The smallest absolute Gasteiger partial charge is 0.151 e. The zero-order valence-electron chi connectivity index (χ0n) is 6.63. The Balaban J connectivity index is 2.03. The minimum atomic E-state index is -2.66. The molecule has 1 heterocycles. The van der Waals surface area contributed by atoms with Crippen molar-refractivity contribution in [1.29, 1.82) is 0 Å². The van der Waals surface area contributed by atoms with Crippen LogP contribution < -0.4 is 5.73 Å². The normalized spacial score (nSPS) is 35.8. The molecule has 0 atom stereocenters. The van der Waals surface area contributed by atoms with Gasteiger partial charge < -0.3 is 5.73 Å². The van der Waals surface area contributed by atoms with Gasteiger partial charge in [0.05, 0.1) is 11.5 Å². The summed E-state index contributed by atoms with van der Waals surface area (Å²) in [6, 6.07) is 0. The van der Waals surface area contributed by atoms with E-state index in [4.69, 9.17) is 5.73 Å². The van der Waals surface area contributed by atoms with Crippen LogP contribution in [0.1, 0.15) is 19.8 Å². The molecule has 64 valence electrons. The molecule has 2 N–H and O–H groups in total. The van der Waals surface area contributed by atoms with E-state index in [1.807, 2.05) is 6.92 Å². The van der Waals surface area contributed by atoms with E-state index in [0.29, 0.717) is 11.5 Å². The van der Waals surface area contributed by atoms with E-state index in [2.05, 4.69) is 0 Å². The molecule has 0 amide bonds. The first-order valence-corrected chi connectivity index (χ1v) is 5.64. The quantitative estimate of drug-likeness (QED) is 0.560. The molecule has 11 heavy (non-hydrogen) atoms. The van der Waals surface area contributed by atoms with Crippen molar-refractivity contribution in [1.82, 2.24) is 0 Å². The Morgan fingerprint density at radius 1 is 1.27 bits per heavy atom. The van der Waals surface area contributed by atoms with Crippen LogP contribution in [-0.4, -0.2) is 25.5 Å². The summed E-state index contributed by atoms with van der Waals surface area (Å²) in [5.74, 6) is 0.763. The van der Waals surface area contributed by atoms with Gasteiger partial charge in [-0.25, -0.2) is 8.42 Å². The Morgan fingerprint density at radius 3 is 2.00 bits per heavy atom. The molecule has 0 aromatic rings. The summed E-state index contributed by atoms with van der Waals surface area (Å²) in [7, 11) is -2.66. The van der Waals surface area contributed by atoms with Gasteiger partial charge in [0.15, 0.2) is 9.84 Å². The van der Waals surface area contributed by atoms with Gasteiger partial charge in [0.2, 0.25) is 0 Å². The molecule has 1 spiro atoms. The van der Waals surface area contributed by atoms with E-state index in [-0.39, 0.29) is 11.0 Å². The fourth-order valence-corrected chi connectivity index (χ4v) is 4.95. The van der Waals surface area contributed by atoms with Crippen LogP contribution in [0.15, 0.2) is 0 Å². The summed E-state index contributed by atoms with van der Waals surface area (Å²) in [6.45, 7) is 1.99. The summed E-state index contributed by atoms with van der Waals surface area (Å²) in [5.41, 5.74) is 5.81. The van der Waals surface area contributed by atoms with Crippen LogP contribution in [0.25, 0.3) is 0 Å². The van der Waals surface area contributed by atoms with Crippen LogP contribution in [-0.2, 0) is 9.84 Å². The van der Waals surface area contributed by atoms with Crippen molar-refractivity contribution in [2.24, 2.45) is 11.1 Å². The summed E-state index contributed by atoms with van der Waals surface area (Å²) in [5, 5.41) is 0. The Hall–Kier alpha value is -0.0900. The standard InChI is InChI=1S/C7H13NO2S/c1-6(8)2-7(3-6)4-11(9,10)5-7/h2-5,8H2,1H3. The van der Waals surface area contributed by atoms with Gasteiger partial charge in [-0.2, -0.15) is 0 Å². The van der Waals surface area contributed by atoms with Crippen molar-refractivity contribution in [2.45, 2.75) is 25.3 Å². The Bertz CT molecular complexity index is 270. The lowest BCUT2D eigenvalue weighted by Gasteiger charge is -2.57. The molecule has 2 rings (SSSR count). The SMILES string of the molecule is CC1(N)CC2(C1)CS(=O)(=O)C2. The molecule has 0 unspecified atom stereocenters. The lowest BCUT2D eigenvalue weighted by Crippen LogP contribution is -2.66. The highest BCUT2D eigenvalue weighted by atomic mass is 32.2. The fourth-order valence-electron chi connectivity index (χ4n) is 2.76. The van der Waals surface area contributed by atoms with Gasteiger partial charge in [-0.1, -0.05) is 0 Å². The molecule has 0 radical (unpaired) electrons. The average Bonchev–Trinajstić information content (AvgIpc) is 1.52. The predicted molar refractivity (Wildman–Crippen MR) is 42.9 cm³/mol. The van der Waals surface area contributed by atoms with Crippen LogP contribution >= 0.6 is 0 Å². The monoisotopic (exact) mass is 175 g/mol. The van der Waals surface area contributed by atoms with Gasteiger partial charge in [0.1, 0.15) is 0 Å². The van der Waals surface area contributed by atoms with Gasteiger partial charge >= 0.3 is 0 Å². The second-order valence-corrected chi connectivity index (χ2v) is 6.60. The maximum Gasteiger partial charge on any atom is 0.151 e. The van der Waals surface area contributed by atoms with E-state index in [0.717, 1.165) is 12.8 Å². The molecule has 1 aliphatic heterocycles. The summed E-state index contributed by atoms with van der Waals surface area (Å²) in [6.07, 6.45) is 1.78. The number of sulfone groups is 1. The molecule has 0 bridgehead atoms. The Labute approximate surface area is 66.9 Å². The van der Waals surface area contributed by atoms with Crippen molar-refractivity contribution >= 4 is 9.84 Å². The van der Waals surface area contributed by atoms with E-state index >= 15 is 0 Å². The van der Waals surface area contributed by atoms with Crippen molar-refractivity contribution in [3.8, 4) is 0 Å². The lowest BCUT2D eigenvalue weighted by molar-refractivity contribution is 0.0698. The van der Waals surface area contributed by atoms with Gasteiger partial charge in [-0.15, -0.1) is 0 Å². The number of hydrogen-bond acceptors (Lipinski definition) is 3. The van der Waals surface area contributed by atoms with Gasteiger partial charge in [0, 0.05) is 11.0 Å². The minimum Gasteiger partial charge on any atom is -0.325 e. The molecule has 1 saturated carbocycles.